The minimum atomic E-state index is -0.548. The Balaban J connectivity index is 3.07. The maximum Gasteiger partial charge on any atom is 0.150 e. The van der Waals surface area contributed by atoms with Gasteiger partial charge in [0.15, 0.2) is 0 Å². The van der Waals surface area contributed by atoms with Crippen molar-refractivity contribution in [3.05, 3.63) is 21.3 Å². The van der Waals surface area contributed by atoms with Gasteiger partial charge in [0.2, 0.25) is 0 Å². The van der Waals surface area contributed by atoms with Crippen molar-refractivity contribution in [1.29, 1.82) is 0 Å². The highest BCUT2D eigenvalue weighted by atomic mass is 35.5. The van der Waals surface area contributed by atoms with Crippen LogP contribution < -0.4 is 5.32 Å². The van der Waals surface area contributed by atoms with E-state index in [4.69, 9.17) is 41.2 Å². The first-order chi connectivity index (χ1) is 6.85. The van der Waals surface area contributed by atoms with Crippen molar-refractivity contribution in [2.75, 3.05) is 5.32 Å². The van der Waals surface area contributed by atoms with Crippen LogP contribution >= 0.6 is 34.8 Å². The number of nitrogens with one attached hydrogen (secondary N) is 1. The second-order valence-corrected chi connectivity index (χ2v) is 4.66. The van der Waals surface area contributed by atoms with Gasteiger partial charge in [-0.15, -0.1) is 6.42 Å². The third-order valence-electron chi connectivity index (χ3n) is 1.68. The van der Waals surface area contributed by atoms with Crippen LogP contribution in [0.2, 0.25) is 15.2 Å². The van der Waals surface area contributed by atoms with Crippen LogP contribution in [0.5, 0.6) is 0 Å². The Morgan fingerprint density at radius 1 is 1.33 bits per heavy atom. The molecule has 0 saturated carbocycles. The Morgan fingerprint density at radius 3 is 2.47 bits per heavy atom. The molecule has 0 aliphatic heterocycles. The van der Waals surface area contributed by atoms with Crippen molar-refractivity contribution in [1.82, 2.24) is 4.98 Å². The maximum atomic E-state index is 5.93. The van der Waals surface area contributed by atoms with E-state index in [0.29, 0.717) is 15.9 Å². The van der Waals surface area contributed by atoms with E-state index in [1.54, 1.807) is 0 Å². The van der Waals surface area contributed by atoms with Crippen molar-refractivity contribution in [3.63, 3.8) is 0 Å². The average molecular weight is 264 g/mol. The second-order valence-electron chi connectivity index (χ2n) is 3.49. The monoisotopic (exact) mass is 262 g/mol. The summed E-state index contributed by atoms with van der Waals surface area (Å²) in [6.45, 7) is 3.65. The second kappa shape index (κ2) is 4.49. The topological polar surface area (TPSA) is 24.9 Å². The van der Waals surface area contributed by atoms with Crippen LogP contribution in [0.3, 0.4) is 0 Å². The lowest BCUT2D eigenvalue weighted by Gasteiger charge is -2.21. The van der Waals surface area contributed by atoms with Gasteiger partial charge in [-0.05, 0) is 19.9 Å². The molecule has 0 unspecified atom stereocenters. The highest BCUT2D eigenvalue weighted by Gasteiger charge is 2.17. The molecule has 0 radical (unpaired) electrons. The van der Waals surface area contributed by atoms with Gasteiger partial charge in [0.05, 0.1) is 15.6 Å². The first-order valence-corrected chi connectivity index (χ1v) is 5.26. The minimum Gasteiger partial charge on any atom is -0.353 e. The van der Waals surface area contributed by atoms with Crippen molar-refractivity contribution < 1.29 is 0 Å². The number of aromatic nitrogens is 1. The molecule has 5 heteroatoms. The van der Waals surface area contributed by atoms with E-state index in [1.807, 2.05) is 13.8 Å². The molecule has 1 heterocycles. The third kappa shape index (κ3) is 3.17. The number of hydrogen-bond acceptors (Lipinski definition) is 2. The smallest absolute Gasteiger partial charge is 0.150 e. The number of pyridine rings is 1. The molecule has 0 saturated heterocycles. The third-order valence-corrected chi connectivity index (χ3v) is 2.64. The molecule has 0 atom stereocenters. The summed E-state index contributed by atoms with van der Waals surface area (Å²) in [4.78, 5) is 4.00. The predicted molar refractivity (Wildman–Crippen MR) is 65.8 cm³/mol. The summed E-state index contributed by atoms with van der Waals surface area (Å²) < 4.78 is 0. The van der Waals surface area contributed by atoms with E-state index in [0.717, 1.165) is 0 Å². The van der Waals surface area contributed by atoms with Gasteiger partial charge in [0.25, 0.3) is 0 Å². The molecule has 0 aliphatic rings. The van der Waals surface area contributed by atoms with Gasteiger partial charge < -0.3 is 5.32 Å². The van der Waals surface area contributed by atoms with E-state index in [-0.39, 0.29) is 5.15 Å². The van der Waals surface area contributed by atoms with Crippen LogP contribution in [0.4, 0.5) is 5.82 Å². The van der Waals surface area contributed by atoms with Crippen molar-refractivity contribution in [3.8, 4) is 12.3 Å². The van der Waals surface area contributed by atoms with Crippen LogP contribution in [0.25, 0.3) is 0 Å². The summed E-state index contributed by atoms with van der Waals surface area (Å²) >= 11 is 17.4. The van der Waals surface area contributed by atoms with Gasteiger partial charge in [-0.3, -0.25) is 0 Å². The fourth-order valence-electron chi connectivity index (χ4n) is 0.864. The summed E-state index contributed by atoms with van der Waals surface area (Å²) in [7, 11) is 0. The van der Waals surface area contributed by atoms with Crippen LogP contribution in [0.15, 0.2) is 6.07 Å². The quantitative estimate of drug-likeness (QED) is 0.647. The fraction of sp³-hybridized carbons (Fsp3) is 0.300. The largest absolute Gasteiger partial charge is 0.353 e. The number of terminal acetylenes is 1. The highest BCUT2D eigenvalue weighted by Crippen LogP contribution is 2.30. The molecule has 15 heavy (non-hydrogen) atoms. The molecule has 1 aromatic rings. The summed E-state index contributed by atoms with van der Waals surface area (Å²) in [5.74, 6) is 2.99. The Morgan fingerprint density at radius 2 is 1.93 bits per heavy atom. The zero-order valence-corrected chi connectivity index (χ0v) is 10.5. The number of halogens is 3. The molecular weight excluding hydrogens is 254 g/mol. The number of anilines is 1. The summed E-state index contributed by atoms with van der Waals surface area (Å²) in [5, 5.41) is 3.87. The van der Waals surface area contributed by atoms with Crippen molar-refractivity contribution >= 4 is 40.6 Å². The van der Waals surface area contributed by atoms with E-state index in [9.17, 15) is 0 Å². The Hall–Kier alpha value is -0.620. The lowest BCUT2D eigenvalue weighted by molar-refractivity contribution is 0.736. The summed E-state index contributed by atoms with van der Waals surface area (Å²) in [6, 6.07) is 1.52. The summed E-state index contributed by atoms with van der Waals surface area (Å²) in [6.07, 6.45) is 5.33. The zero-order valence-electron chi connectivity index (χ0n) is 8.24. The molecule has 0 fully saturated rings. The SMILES string of the molecule is C#CC(C)(C)Nc1nc(Cl)c(Cl)cc1Cl. The normalized spacial score (nSPS) is 10.9. The van der Waals surface area contributed by atoms with Crippen LogP contribution in [0, 0.1) is 12.3 Å². The highest BCUT2D eigenvalue weighted by molar-refractivity contribution is 6.42. The molecule has 0 aromatic carbocycles. The maximum absolute atomic E-state index is 5.93. The Labute approximate surface area is 104 Å². The molecule has 1 aromatic heterocycles. The Bertz CT molecular complexity index is 421. The molecule has 0 amide bonds. The van der Waals surface area contributed by atoms with Gasteiger partial charge in [-0.25, -0.2) is 4.98 Å². The van der Waals surface area contributed by atoms with E-state index in [1.165, 1.54) is 6.07 Å². The molecular formula is C10H9Cl3N2. The van der Waals surface area contributed by atoms with Gasteiger partial charge in [0.1, 0.15) is 11.0 Å². The minimum absolute atomic E-state index is 0.191. The van der Waals surface area contributed by atoms with Crippen LogP contribution in [-0.4, -0.2) is 10.5 Å². The van der Waals surface area contributed by atoms with Gasteiger partial charge in [0, 0.05) is 0 Å². The molecule has 1 N–H and O–H groups in total. The molecule has 0 aliphatic carbocycles. The van der Waals surface area contributed by atoms with E-state index in [2.05, 4.69) is 16.2 Å². The fourth-order valence-corrected chi connectivity index (χ4v) is 1.41. The molecule has 1 rings (SSSR count). The van der Waals surface area contributed by atoms with Crippen LogP contribution in [-0.2, 0) is 0 Å². The number of hydrogen-bond donors (Lipinski definition) is 1. The van der Waals surface area contributed by atoms with Crippen molar-refractivity contribution in [2.45, 2.75) is 19.4 Å². The Kier molecular flexibility index (Phi) is 3.72. The number of rotatable bonds is 2. The first-order valence-electron chi connectivity index (χ1n) is 4.13. The van der Waals surface area contributed by atoms with Gasteiger partial charge >= 0.3 is 0 Å². The number of nitrogens with zero attached hydrogens (tertiary/aromatic N) is 1. The molecule has 0 spiro atoms. The molecule has 80 valence electrons. The predicted octanol–water partition coefficient (Wildman–Crippen LogP) is 3.87. The van der Waals surface area contributed by atoms with Gasteiger partial charge in [-0.1, -0.05) is 40.7 Å². The first kappa shape index (κ1) is 12.4. The van der Waals surface area contributed by atoms with Crippen LogP contribution in [0.1, 0.15) is 13.8 Å². The van der Waals surface area contributed by atoms with Gasteiger partial charge in [-0.2, -0.15) is 0 Å². The van der Waals surface area contributed by atoms with E-state index < -0.39 is 5.54 Å². The average Bonchev–Trinajstić information content (AvgIpc) is 2.14. The zero-order chi connectivity index (χ0) is 11.6. The molecule has 0 bridgehead atoms. The summed E-state index contributed by atoms with van der Waals surface area (Å²) in [5.41, 5.74) is -0.548. The molecule has 2 nitrogen and oxygen atoms in total. The standard InChI is InChI=1S/C10H9Cl3N2/c1-4-10(2,3)15-9-7(12)5-6(11)8(13)14-9/h1,5H,2-3H3,(H,14,15). The lowest BCUT2D eigenvalue weighted by atomic mass is 10.1. The van der Waals surface area contributed by atoms with E-state index >= 15 is 0 Å². The lowest BCUT2D eigenvalue weighted by Crippen LogP contribution is -2.29. The van der Waals surface area contributed by atoms with Crippen molar-refractivity contribution in [2.24, 2.45) is 0 Å².